The summed E-state index contributed by atoms with van der Waals surface area (Å²) in [5.41, 5.74) is 0.220. The molecule has 20 heavy (non-hydrogen) atoms. The van der Waals surface area contributed by atoms with E-state index in [-0.39, 0.29) is 10.9 Å². The van der Waals surface area contributed by atoms with Crippen molar-refractivity contribution in [1.29, 1.82) is 5.26 Å². The van der Waals surface area contributed by atoms with Gasteiger partial charge >= 0.3 is 5.97 Å². The van der Waals surface area contributed by atoms with Gasteiger partial charge in [-0.15, -0.1) is 0 Å². The van der Waals surface area contributed by atoms with Crippen LogP contribution in [0.5, 0.6) is 0 Å². The van der Waals surface area contributed by atoms with Crippen LogP contribution in [0, 0.1) is 28.6 Å². The minimum absolute atomic E-state index is 0.246. The topological polar surface area (TPSA) is 90.2 Å². The highest BCUT2D eigenvalue weighted by molar-refractivity contribution is 6.32. The molecule has 0 spiro atoms. The van der Waals surface area contributed by atoms with Gasteiger partial charge < -0.3 is 10.4 Å². The predicted octanol–water partition coefficient (Wildman–Crippen LogP) is 2.51. The van der Waals surface area contributed by atoms with Gasteiger partial charge in [-0.1, -0.05) is 25.4 Å². The smallest absolute Gasteiger partial charge is 0.307 e. The molecular formula is C14H13ClN2O3. The summed E-state index contributed by atoms with van der Waals surface area (Å²) in [7, 11) is 0. The quantitative estimate of drug-likeness (QED) is 0.895. The Morgan fingerprint density at radius 2 is 2.05 bits per heavy atom. The average molecular weight is 293 g/mol. The minimum atomic E-state index is -0.965. The molecule has 1 aromatic rings. The summed E-state index contributed by atoms with van der Waals surface area (Å²) in [6, 6.07) is 6.47. The number of carboxylic acid groups (broad SMARTS) is 1. The summed E-state index contributed by atoms with van der Waals surface area (Å²) >= 11 is 5.88. The number of hydrogen-bond acceptors (Lipinski definition) is 3. The van der Waals surface area contributed by atoms with Gasteiger partial charge in [0.25, 0.3) is 0 Å². The van der Waals surface area contributed by atoms with E-state index in [2.05, 4.69) is 5.32 Å². The van der Waals surface area contributed by atoms with Crippen LogP contribution in [0.15, 0.2) is 18.2 Å². The molecule has 1 aromatic carbocycles. The van der Waals surface area contributed by atoms with Gasteiger partial charge in [0, 0.05) is 5.69 Å². The van der Waals surface area contributed by atoms with E-state index in [4.69, 9.17) is 22.0 Å². The molecule has 2 rings (SSSR count). The molecule has 0 radical (unpaired) electrons. The number of anilines is 1. The van der Waals surface area contributed by atoms with Crippen molar-refractivity contribution in [3.63, 3.8) is 0 Å². The monoisotopic (exact) mass is 292 g/mol. The maximum Gasteiger partial charge on any atom is 0.307 e. The zero-order chi connectivity index (χ0) is 15.1. The van der Waals surface area contributed by atoms with Crippen molar-refractivity contribution in [2.24, 2.45) is 17.3 Å². The Labute approximate surface area is 121 Å². The van der Waals surface area contributed by atoms with Gasteiger partial charge in [0.2, 0.25) is 5.91 Å². The molecule has 2 atom stereocenters. The lowest BCUT2D eigenvalue weighted by Gasteiger charge is -2.07. The van der Waals surface area contributed by atoms with Crippen molar-refractivity contribution < 1.29 is 14.7 Å². The van der Waals surface area contributed by atoms with Crippen molar-refractivity contribution in [3.8, 4) is 6.07 Å². The second-order valence-electron chi connectivity index (χ2n) is 5.41. The largest absolute Gasteiger partial charge is 0.481 e. The van der Waals surface area contributed by atoms with Crippen molar-refractivity contribution in [1.82, 2.24) is 0 Å². The summed E-state index contributed by atoms with van der Waals surface area (Å²) in [5, 5.41) is 20.7. The normalized spacial score (nSPS) is 22.7. The number of carbonyl (C=O) groups excluding carboxylic acids is 1. The molecule has 104 valence electrons. The Bertz CT molecular complexity index is 634. The van der Waals surface area contributed by atoms with Gasteiger partial charge in [0.15, 0.2) is 0 Å². The maximum absolute atomic E-state index is 12.1. The second-order valence-corrected chi connectivity index (χ2v) is 5.82. The summed E-state index contributed by atoms with van der Waals surface area (Å²) < 4.78 is 0. The molecule has 0 bridgehead atoms. The van der Waals surface area contributed by atoms with Gasteiger partial charge in [-0.3, -0.25) is 9.59 Å². The van der Waals surface area contributed by atoms with E-state index in [0.717, 1.165) is 0 Å². The number of benzene rings is 1. The van der Waals surface area contributed by atoms with Crippen LogP contribution in [0.3, 0.4) is 0 Å². The molecule has 5 nitrogen and oxygen atoms in total. The molecule has 1 saturated carbocycles. The Kier molecular flexibility index (Phi) is 3.45. The number of carboxylic acids is 1. The van der Waals surface area contributed by atoms with Gasteiger partial charge in [-0.25, -0.2) is 0 Å². The van der Waals surface area contributed by atoms with E-state index in [0.29, 0.717) is 11.3 Å². The third kappa shape index (κ3) is 2.35. The van der Waals surface area contributed by atoms with Crippen LogP contribution in [0.25, 0.3) is 0 Å². The van der Waals surface area contributed by atoms with Crippen molar-refractivity contribution in [2.75, 3.05) is 5.32 Å². The number of amides is 1. The van der Waals surface area contributed by atoms with E-state index in [1.54, 1.807) is 19.9 Å². The molecule has 0 aromatic heterocycles. The predicted molar refractivity (Wildman–Crippen MR) is 73.2 cm³/mol. The molecule has 1 fully saturated rings. The number of halogens is 1. The van der Waals surface area contributed by atoms with Crippen molar-refractivity contribution in [2.45, 2.75) is 13.8 Å². The van der Waals surface area contributed by atoms with Gasteiger partial charge in [-0.2, -0.15) is 5.26 Å². The standard InChI is InChI=1S/C14H13ClN2O3/c1-14(2)10(11(14)13(19)20)12(18)17-8-4-3-7(6-16)9(15)5-8/h3-5,10-11H,1-2H3,(H,17,18)(H,19,20). The molecule has 0 heterocycles. The fourth-order valence-corrected chi connectivity index (χ4v) is 2.71. The molecule has 2 N–H and O–H groups in total. The third-order valence-corrected chi connectivity index (χ3v) is 4.05. The molecule has 0 aliphatic heterocycles. The first-order valence-electron chi connectivity index (χ1n) is 6.02. The number of nitrogens with zero attached hydrogens (tertiary/aromatic N) is 1. The molecular weight excluding hydrogens is 280 g/mol. The molecule has 0 saturated heterocycles. The Morgan fingerprint density at radius 3 is 2.50 bits per heavy atom. The molecule has 2 unspecified atom stereocenters. The first-order valence-corrected chi connectivity index (χ1v) is 6.40. The number of nitriles is 1. The summed E-state index contributed by atoms with van der Waals surface area (Å²) in [6.45, 7) is 3.50. The van der Waals surface area contributed by atoms with Gasteiger partial charge in [0.1, 0.15) is 6.07 Å². The number of aliphatic carboxylic acids is 1. The van der Waals surface area contributed by atoms with E-state index in [9.17, 15) is 9.59 Å². The first-order chi connectivity index (χ1) is 9.28. The Morgan fingerprint density at radius 1 is 1.40 bits per heavy atom. The lowest BCUT2D eigenvalue weighted by Crippen LogP contribution is -2.17. The highest BCUT2D eigenvalue weighted by atomic mass is 35.5. The molecule has 6 heteroatoms. The fraction of sp³-hybridized carbons (Fsp3) is 0.357. The second kappa shape index (κ2) is 4.80. The van der Waals surface area contributed by atoms with Crippen LogP contribution < -0.4 is 5.32 Å². The third-order valence-electron chi connectivity index (χ3n) is 3.73. The SMILES string of the molecule is CC1(C)C(C(=O)O)C1C(=O)Nc1ccc(C#N)c(Cl)c1. The fourth-order valence-electron chi connectivity index (χ4n) is 2.49. The molecule has 1 aliphatic carbocycles. The lowest BCUT2D eigenvalue weighted by atomic mass is 10.1. The number of hydrogen-bond donors (Lipinski definition) is 2. The first kappa shape index (κ1) is 14.4. The summed E-state index contributed by atoms with van der Waals surface area (Å²) in [6.07, 6.45) is 0. The van der Waals surface area contributed by atoms with Crippen molar-refractivity contribution in [3.05, 3.63) is 28.8 Å². The molecule has 1 amide bonds. The highest BCUT2D eigenvalue weighted by Crippen LogP contribution is 2.58. The van der Waals surface area contributed by atoms with Crippen molar-refractivity contribution >= 4 is 29.2 Å². The van der Waals surface area contributed by atoms with E-state index >= 15 is 0 Å². The Balaban J connectivity index is 2.12. The van der Waals surface area contributed by atoms with E-state index < -0.39 is 23.2 Å². The number of nitrogens with one attached hydrogen (secondary N) is 1. The highest BCUT2D eigenvalue weighted by Gasteiger charge is 2.65. The van der Waals surface area contributed by atoms with Crippen LogP contribution >= 0.6 is 11.6 Å². The number of carbonyl (C=O) groups is 2. The average Bonchev–Trinajstić information content (AvgIpc) is 2.93. The van der Waals surface area contributed by atoms with E-state index in [1.807, 2.05) is 6.07 Å². The number of rotatable bonds is 3. The van der Waals surface area contributed by atoms with Gasteiger partial charge in [0.05, 0.1) is 22.4 Å². The zero-order valence-corrected chi connectivity index (χ0v) is 11.7. The lowest BCUT2D eigenvalue weighted by molar-refractivity contribution is -0.140. The summed E-state index contributed by atoms with van der Waals surface area (Å²) in [5.74, 6) is -2.54. The molecule has 1 aliphatic rings. The maximum atomic E-state index is 12.1. The van der Waals surface area contributed by atoms with Crippen LogP contribution in [0.1, 0.15) is 19.4 Å². The van der Waals surface area contributed by atoms with Gasteiger partial charge in [-0.05, 0) is 23.6 Å². The Hall–Kier alpha value is -2.06. The van der Waals surface area contributed by atoms with Crippen LogP contribution in [-0.2, 0) is 9.59 Å². The van der Waals surface area contributed by atoms with Crippen LogP contribution in [-0.4, -0.2) is 17.0 Å². The van der Waals surface area contributed by atoms with Crippen LogP contribution in [0.4, 0.5) is 5.69 Å². The van der Waals surface area contributed by atoms with E-state index in [1.165, 1.54) is 12.1 Å². The zero-order valence-electron chi connectivity index (χ0n) is 11.0. The summed E-state index contributed by atoms with van der Waals surface area (Å²) in [4.78, 5) is 23.1. The minimum Gasteiger partial charge on any atom is -0.481 e. The van der Waals surface area contributed by atoms with Crippen LogP contribution in [0.2, 0.25) is 5.02 Å².